The Balaban J connectivity index is 4.71. The number of esters is 2. The summed E-state index contributed by atoms with van der Waals surface area (Å²) < 4.78 is 10.5. The molecule has 0 saturated carbocycles. The Kier molecular flexibility index (Phi) is 30.3. The van der Waals surface area contributed by atoms with Gasteiger partial charge in [-0.3, -0.25) is 14.4 Å². The topological polar surface area (TPSA) is 156 Å². The van der Waals surface area contributed by atoms with E-state index in [1.807, 2.05) is 18.2 Å². The van der Waals surface area contributed by atoms with Gasteiger partial charge in [0.05, 0.1) is 12.7 Å². The highest BCUT2D eigenvalue weighted by molar-refractivity contribution is 8.00. The number of aliphatic hydroxyl groups is 2. The number of ether oxygens (including phenoxy) is 2. The van der Waals surface area contributed by atoms with E-state index in [0.717, 1.165) is 44.4 Å². The quantitative estimate of drug-likeness (QED) is 0.0249. The minimum absolute atomic E-state index is 0.0482. The van der Waals surface area contributed by atoms with Gasteiger partial charge in [-0.25, -0.2) is 0 Å². The van der Waals surface area contributed by atoms with E-state index in [-0.39, 0.29) is 31.6 Å². The number of carbonyl (C=O) groups excluding carboxylic acids is 2. The molecule has 0 spiro atoms. The van der Waals surface area contributed by atoms with Crippen LogP contribution >= 0.6 is 11.8 Å². The average Bonchev–Trinajstić information content (AvgIpc) is 3.05. The van der Waals surface area contributed by atoms with Crippen molar-refractivity contribution in [3.63, 3.8) is 0 Å². The normalized spacial score (nSPS) is 14.7. The summed E-state index contributed by atoms with van der Waals surface area (Å²) in [5.74, 6) is -1.22. The summed E-state index contributed by atoms with van der Waals surface area (Å²) in [5, 5.41) is 28.9. The average molecular weight is 696 g/mol. The number of thioether (sulfide) groups is 1. The zero-order valence-electron chi connectivity index (χ0n) is 29.8. The number of carboxylic acid groups (broad SMARTS) is 1. The number of allylic oxidation sites excluding steroid dienone is 7. The van der Waals surface area contributed by atoms with Gasteiger partial charge in [-0.15, -0.1) is 11.8 Å². The van der Waals surface area contributed by atoms with Crippen molar-refractivity contribution >= 4 is 29.7 Å². The van der Waals surface area contributed by atoms with E-state index >= 15 is 0 Å². The molecule has 0 aliphatic rings. The zero-order valence-corrected chi connectivity index (χ0v) is 30.6. The highest BCUT2D eigenvalue weighted by atomic mass is 32.2. The summed E-state index contributed by atoms with van der Waals surface area (Å²) in [6.45, 7) is 5.89. The van der Waals surface area contributed by atoms with Crippen LogP contribution in [0.2, 0.25) is 0 Å². The van der Waals surface area contributed by atoms with Gasteiger partial charge in [0.1, 0.15) is 12.6 Å². The van der Waals surface area contributed by atoms with E-state index in [1.165, 1.54) is 50.3 Å². The van der Waals surface area contributed by atoms with Crippen LogP contribution in [0.1, 0.15) is 124 Å². The van der Waals surface area contributed by atoms with E-state index in [2.05, 4.69) is 39.0 Å². The maximum absolute atomic E-state index is 12.6. The standard InChI is InChI=1S/C38H65NO8S/c1-4-5-6-7-8-9-10-11-12-13-17-20-25-35(34(41)24-22-26-36(42)43)48-30-33(39)38(45)47-32(28-40)29-46-37(44)27-21-18-15-14-16-19-23-31(2)3/h8-9,11-13,17,20,25,31-35,40-41H,4-7,10,14-16,18-19,21-24,26-30,39H2,1-3H3,(H,42,43)/b9-8-,12-11-,17-13+,25-20+/t32-,33-,34-,35+/m0/s1. The molecule has 0 bridgehead atoms. The predicted molar refractivity (Wildman–Crippen MR) is 197 cm³/mol. The molecule has 5 N–H and O–H groups in total. The fraction of sp³-hybridized carbons (Fsp3) is 0.711. The zero-order chi connectivity index (χ0) is 35.8. The molecule has 0 aliphatic heterocycles. The van der Waals surface area contributed by atoms with Crippen molar-refractivity contribution in [3.05, 3.63) is 48.6 Å². The molecule has 0 fully saturated rings. The summed E-state index contributed by atoms with van der Waals surface area (Å²) in [6, 6.07) is -1.05. The van der Waals surface area contributed by atoms with Crippen molar-refractivity contribution in [1.29, 1.82) is 0 Å². The van der Waals surface area contributed by atoms with E-state index in [4.69, 9.17) is 20.3 Å². The second kappa shape index (κ2) is 31.8. The molecule has 0 unspecified atom stereocenters. The number of unbranched alkanes of at least 4 members (excludes halogenated alkanes) is 8. The van der Waals surface area contributed by atoms with Gasteiger partial charge in [-0.05, 0) is 44.4 Å². The van der Waals surface area contributed by atoms with Crippen LogP contribution in [-0.2, 0) is 23.9 Å². The number of hydrogen-bond donors (Lipinski definition) is 4. The van der Waals surface area contributed by atoms with Gasteiger partial charge in [0.2, 0.25) is 0 Å². The molecule has 4 atom stereocenters. The second-order valence-corrected chi connectivity index (χ2v) is 13.8. The molecule has 10 heteroatoms. The third kappa shape index (κ3) is 28.6. The van der Waals surface area contributed by atoms with E-state index < -0.39 is 48.0 Å². The summed E-state index contributed by atoms with van der Waals surface area (Å²) in [7, 11) is 0. The summed E-state index contributed by atoms with van der Waals surface area (Å²) in [4.78, 5) is 35.7. The number of carboxylic acids is 1. The molecule has 0 heterocycles. The molecule has 276 valence electrons. The number of aliphatic carboxylic acids is 1. The first-order valence-electron chi connectivity index (χ1n) is 18.0. The largest absolute Gasteiger partial charge is 0.481 e. The summed E-state index contributed by atoms with van der Waals surface area (Å²) in [6.07, 6.45) is 27.9. The Morgan fingerprint density at radius 3 is 2.23 bits per heavy atom. The first-order chi connectivity index (χ1) is 23.1. The highest BCUT2D eigenvalue weighted by Gasteiger charge is 2.24. The maximum atomic E-state index is 12.6. The SMILES string of the molecule is CCCCC/C=C\C\C=C/C=C/C=C/[C@@H](SC[C@H](N)C(=O)O[C@@H](CO)COC(=O)CCCCCCCCC(C)C)[C@@H](O)CCCC(=O)O. The molecule has 0 radical (unpaired) electrons. The first kappa shape index (κ1) is 45.6. The molecule has 0 aliphatic carbocycles. The van der Waals surface area contributed by atoms with Gasteiger partial charge < -0.3 is 30.5 Å². The summed E-state index contributed by atoms with van der Waals surface area (Å²) >= 11 is 1.26. The molecule has 0 rings (SSSR count). The molecule has 0 aromatic heterocycles. The highest BCUT2D eigenvalue weighted by Crippen LogP contribution is 2.22. The van der Waals surface area contributed by atoms with Gasteiger partial charge >= 0.3 is 17.9 Å². The van der Waals surface area contributed by atoms with Crippen LogP contribution in [-0.4, -0.2) is 75.7 Å². The van der Waals surface area contributed by atoms with E-state index in [1.54, 1.807) is 12.2 Å². The number of rotatable bonds is 31. The minimum atomic E-state index is -1.05. The fourth-order valence-corrected chi connectivity index (χ4v) is 5.76. The smallest absolute Gasteiger partial charge is 0.324 e. The summed E-state index contributed by atoms with van der Waals surface area (Å²) in [5.41, 5.74) is 6.08. The van der Waals surface area contributed by atoms with Gasteiger partial charge in [0.25, 0.3) is 0 Å². The Morgan fingerprint density at radius 2 is 1.54 bits per heavy atom. The molecule has 0 amide bonds. The molecular formula is C38H65NO8S. The van der Waals surface area contributed by atoms with Gasteiger partial charge in [-0.1, -0.05) is 121 Å². The molecule has 9 nitrogen and oxygen atoms in total. The van der Waals surface area contributed by atoms with Crippen molar-refractivity contribution in [2.75, 3.05) is 19.0 Å². The van der Waals surface area contributed by atoms with Crippen molar-refractivity contribution in [3.8, 4) is 0 Å². The van der Waals surface area contributed by atoms with Crippen LogP contribution in [0.15, 0.2) is 48.6 Å². The lowest BCUT2D eigenvalue weighted by molar-refractivity contribution is -0.162. The van der Waals surface area contributed by atoms with Gasteiger partial charge in [-0.2, -0.15) is 0 Å². The van der Waals surface area contributed by atoms with Crippen molar-refractivity contribution < 1.29 is 39.2 Å². The Morgan fingerprint density at radius 1 is 0.833 bits per heavy atom. The van der Waals surface area contributed by atoms with E-state index in [9.17, 15) is 24.6 Å². The third-order valence-corrected chi connectivity index (χ3v) is 8.96. The van der Waals surface area contributed by atoms with Crippen LogP contribution < -0.4 is 5.73 Å². The lowest BCUT2D eigenvalue weighted by atomic mass is 10.0. The number of hydrogen-bond acceptors (Lipinski definition) is 9. The van der Waals surface area contributed by atoms with Crippen molar-refractivity contribution in [1.82, 2.24) is 0 Å². The molecular weight excluding hydrogens is 630 g/mol. The molecule has 0 aromatic carbocycles. The number of nitrogens with two attached hydrogens (primary N) is 1. The first-order valence-corrected chi connectivity index (χ1v) is 19.0. The fourth-order valence-electron chi connectivity index (χ4n) is 4.63. The Bertz CT molecular complexity index is 949. The minimum Gasteiger partial charge on any atom is -0.481 e. The van der Waals surface area contributed by atoms with Gasteiger partial charge in [0.15, 0.2) is 6.10 Å². The number of carbonyl (C=O) groups is 3. The van der Waals surface area contributed by atoms with Crippen LogP contribution in [0.25, 0.3) is 0 Å². The lowest BCUT2D eigenvalue weighted by Crippen LogP contribution is -2.40. The van der Waals surface area contributed by atoms with Gasteiger partial charge in [0, 0.05) is 23.8 Å². The molecule has 48 heavy (non-hydrogen) atoms. The second-order valence-electron chi connectivity index (χ2n) is 12.6. The Labute approximate surface area is 294 Å². The van der Waals surface area contributed by atoms with E-state index in [0.29, 0.717) is 6.42 Å². The van der Waals surface area contributed by atoms with Crippen LogP contribution in [0.4, 0.5) is 0 Å². The van der Waals surface area contributed by atoms with Crippen LogP contribution in [0.5, 0.6) is 0 Å². The monoisotopic (exact) mass is 695 g/mol. The third-order valence-electron chi connectivity index (χ3n) is 7.55. The van der Waals surface area contributed by atoms with Crippen molar-refractivity contribution in [2.24, 2.45) is 11.7 Å². The van der Waals surface area contributed by atoms with Crippen molar-refractivity contribution in [2.45, 2.75) is 147 Å². The molecule has 0 aromatic rings. The Hall–Kier alpha value is -2.40. The van der Waals surface area contributed by atoms with Crippen LogP contribution in [0.3, 0.4) is 0 Å². The molecule has 0 saturated heterocycles. The predicted octanol–water partition coefficient (Wildman–Crippen LogP) is 7.45. The number of aliphatic hydroxyl groups excluding tert-OH is 2. The maximum Gasteiger partial charge on any atom is 0.324 e. The van der Waals surface area contributed by atoms with Crippen LogP contribution in [0, 0.1) is 5.92 Å². The lowest BCUT2D eigenvalue weighted by Gasteiger charge is -2.22.